The molecule has 1 aromatic carbocycles. The predicted molar refractivity (Wildman–Crippen MR) is 100 cm³/mol. The zero-order valence-corrected chi connectivity index (χ0v) is 15.7. The van der Waals surface area contributed by atoms with Crippen molar-refractivity contribution in [2.24, 2.45) is 0 Å². The summed E-state index contributed by atoms with van der Waals surface area (Å²) in [6.45, 7) is 3.85. The Morgan fingerprint density at radius 1 is 1.26 bits per heavy atom. The maximum Gasteiger partial charge on any atom is 0.330 e. The van der Waals surface area contributed by atoms with Crippen LogP contribution in [0.2, 0.25) is 0 Å². The topological polar surface area (TPSA) is 105 Å². The van der Waals surface area contributed by atoms with Crippen LogP contribution >= 0.6 is 11.3 Å². The van der Waals surface area contributed by atoms with Crippen LogP contribution in [0.1, 0.15) is 35.0 Å². The lowest BCUT2D eigenvalue weighted by molar-refractivity contribution is -0.142. The molecule has 8 heteroatoms. The van der Waals surface area contributed by atoms with Gasteiger partial charge in [-0.1, -0.05) is 29.4 Å². The Morgan fingerprint density at radius 2 is 2.07 bits per heavy atom. The summed E-state index contributed by atoms with van der Waals surface area (Å²) in [5.41, 5.74) is 2.57. The summed E-state index contributed by atoms with van der Waals surface area (Å²) in [6, 6.07) is 8.01. The fraction of sp³-hybridized carbons (Fsp3) is 0.263. The number of hydrogen-bond donors (Lipinski definition) is 2. The Morgan fingerprint density at radius 3 is 2.74 bits per heavy atom. The molecule has 1 atom stereocenters. The number of benzene rings is 1. The lowest BCUT2D eigenvalue weighted by Crippen LogP contribution is -2.34. The summed E-state index contributed by atoms with van der Waals surface area (Å²) in [7, 11) is 0. The average Bonchev–Trinajstić information content (AvgIpc) is 3.31. The van der Waals surface area contributed by atoms with Gasteiger partial charge in [0.25, 0.3) is 0 Å². The van der Waals surface area contributed by atoms with E-state index in [1.165, 1.54) is 11.3 Å². The van der Waals surface area contributed by atoms with Gasteiger partial charge in [-0.2, -0.15) is 4.98 Å². The van der Waals surface area contributed by atoms with Crippen molar-refractivity contribution >= 4 is 23.2 Å². The molecule has 2 aromatic heterocycles. The van der Waals surface area contributed by atoms with Crippen LogP contribution in [0, 0.1) is 13.8 Å². The molecule has 0 aliphatic rings. The number of nitrogens with zero attached hydrogens (tertiary/aromatic N) is 2. The second-order valence-corrected chi connectivity index (χ2v) is 7.12. The minimum absolute atomic E-state index is 0.0562. The molecule has 0 saturated heterocycles. The van der Waals surface area contributed by atoms with Gasteiger partial charge in [0.05, 0.1) is 4.88 Å². The van der Waals surface area contributed by atoms with E-state index in [0.717, 1.165) is 16.0 Å². The van der Waals surface area contributed by atoms with Crippen LogP contribution in [0.3, 0.4) is 0 Å². The number of aliphatic carboxylic acids is 1. The number of carboxylic acid groups (broad SMARTS) is 1. The minimum atomic E-state index is -1.11. The number of nitrogens with one attached hydrogen (secondary N) is 1. The average molecular weight is 385 g/mol. The molecule has 2 heterocycles. The Kier molecular flexibility index (Phi) is 5.66. The van der Waals surface area contributed by atoms with Crippen LogP contribution in [0.25, 0.3) is 10.7 Å². The molecule has 0 aliphatic heterocycles. The van der Waals surface area contributed by atoms with Gasteiger partial charge in [0, 0.05) is 12.8 Å². The number of thiophene rings is 1. The van der Waals surface area contributed by atoms with E-state index in [4.69, 9.17) is 4.52 Å². The zero-order chi connectivity index (χ0) is 19.4. The van der Waals surface area contributed by atoms with E-state index < -0.39 is 17.9 Å². The standard InChI is InChI=1S/C19H19N3O4S/c1-11-5-6-13(10-12(11)2)17(19(24)25)20-15(23)7-8-16-21-18(22-26-16)14-4-3-9-27-14/h3-6,9-10,17H,7-8H2,1-2H3,(H,20,23)(H,24,25). The Hall–Kier alpha value is -3.00. The van der Waals surface area contributed by atoms with Crippen LogP contribution < -0.4 is 5.32 Å². The van der Waals surface area contributed by atoms with Crippen LogP contribution in [0.5, 0.6) is 0 Å². The second-order valence-electron chi connectivity index (χ2n) is 6.17. The summed E-state index contributed by atoms with van der Waals surface area (Å²) < 4.78 is 5.15. The number of rotatable bonds is 7. The van der Waals surface area contributed by atoms with Crippen molar-refractivity contribution in [2.75, 3.05) is 0 Å². The van der Waals surface area contributed by atoms with E-state index in [0.29, 0.717) is 17.3 Å². The number of hydrogen-bond acceptors (Lipinski definition) is 6. The summed E-state index contributed by atoms with van der Waals surface area (Å²) in [6.07, 6.45) is 0.296. The smallest absolute Gasteiger partial charge is 0.330 e. The normalized spacial score (nSPS) is 11.9. The SMILES string of the molecule is Cc1ccc(C(NC(=O)CCc2nc(-c3cccs3)no2)C(=O)O)cc1C. The Bertz CT molecular complexity index is 950. The zero-order valence-electron chi connectivity index (χ0n) is 14.9. The van der Waals surface area contributed by atoms with E-state index in [-0.39, 0.29) is 12.8 Å². The molecule has 0 saturated carbocycles. The first-order chi connectivity index (χ1) is 12.9. The number of carboxylic acids is 1. The van der Waals surface area contributed by atoms with Crippen molar-refractivity contribution in [2.45, 2.75) is 32.7 Å². The molecular formula is C19H19N3O4S. The number of aromatic nitrogens is 2. The first-order valence-electron chi connectivity index (χ1n) is 8.40. The van der Waals surface area contributed by atoms with Gasteiger partial charge in [-0.25, -0.2) is 4.79 Å². The van der Waals surface area contributed by atoms with E-state index in [1.807, 2.05) is 37.4 Å². The molecule has 0 fully saturated rings. The molecule has 7 nitrogen and oxygen atoms in total. The summed E-state index contributed by atoms with van der Waals surface area (Å²) in [4.78, 5) is 29.0. The summed E-state index contributed by atoms with van der Waals surface area (Å²) in [5.74, 6) is -0.675. The fourth-order valence-electron chi connectivity index (χ4n) is 2.55. The van der Waals surface area contributed by atoms with Gasteiger partial charge >= 0.3 is 5.97 Å². The van der Waals surface area contributed by atoms with E-state index in [1.54, 1.807) is 12.1 Å². The summed E-state index contributed by atoms with van der Waals surface area (Å²) >= 11 is 1.50. The molecule has 0 aliphatic carbocycles. The molecule has 0 spiro atoms. The molecule has 27 heavy (non-hydrogen) atoms. The molecule has 1 amide bonds. The van der Waals surface area contributed by atoms with Crippen LogP contribution in [-0.4, -0.2) is 27.1 Å². The maximum absolute atomic E-state index is 12.2. The highest BCUT2D eigenvalue weighted by molar-refractivity contribution is 7.13. The minimum Gasteiger partial charge on any atom is -0.479 e. The van der Waals surface area contributed by atoms with E-state index in [9.17, 15) is 14.7 Å². The molecular weight excluding hydrogens is 366 g/mol. The van der Waals surface area contributed by atoms with E-state index in [2.05, 4.69) is 15.5 Å². The van der Waals surface area contributed by atoms with Crippen molar-refractivity contribution in [1.82, 2.24) is 15.5 Å². The van der Waals surface area contributed by atoms with Crippen molar-refractivity contribution in [3.8, 4) is 10.7 Å². The first kappa shape index (κ1) is 18.8. The first-order valence-corrected chi connectivity index (χ1v) is 9.28. The summed E-state index contributed by atoms with van der Waals surface area (Å²) in [5, 5.41) is 17.8. The highest BCUT2D eigenvalue weighted by atomic mass is 32.1. The molecule has 0 radical (unpaired) electrons. The maximum atomic E-state index is 12.2. The highest BCUT2D eigenvalue weighted by Crippen LogP contribution is 2.22. The highest BCUT2D eigenvalue weighted by Gasteiger charge is 2.22. The largest absolute Gasteiger partial charge is 0.479 e. The predicted octanol–water partition coefficient (Wildman–Crippen LogP) is 3.29. The molecule has 140 valence electrons. The van der Waals surface area contributed by atoms with Crippen molar-refractivity contribution in [3.63, 3.8) is 0 Å². The van der Waals surface area contributed by atoms with Gasteiger partial charge in [0.15, 0.2) is 6.04 Å². The Labute approximate surface area is 160 Å². The lowest BCUT2D eigenvalue weighted by Gasteiger charge is -2.16. The third kappa shape index (κ3) is 4.59. The third-order valence-corrected chi connectivity index (χ3v) is 5.06. The van der Waals surface area contributed by atoms with Crippen LogP contribution in [0.4, 0.5) is 0 Å². The van der Waals surface area contributed by atoms with Gasteiger partial charge in [-0.15, -0.1) is 11.3 Å². The lowest BCUT2D eigenvalue weighted by atomic mass is 10.0. The molecule has 0 bridgehead atoms. The number of amides is 1. The van der Waals surface area contributed by atoms with Crippen molar-refractivity contribution < 1.29 is 19.2 Å². The molecule has 3 rings (SSSR count). The van der Waals surface area contributed by atoms with Crippen LogP contribution in [0.15, 0.2) is 40.2 Å². The number of carbonyl (C=O) groups excluding carboxylic acids is 1. The molecule has 2 N–H and O–H groups in total. The second kappa shape index (κ2) is 8.13. The number of aryl methyl sites for hydroxylation is 3. The molecule has 3 aromatic rings. The van der Waals surface area contributed by atoms with Crippen LogP contribution in [-0.2, 0) is 16.0 Å². The van der Waals surface area contributed by atoms with Crippen molar-refractivity contribution in [1.29, 1.82) is 0 Å². The molecule has 1 unspecified atom stereocenters. The van der Waals surface area contributed by atoms with E-state index >= 15 is 0 Å². The monoisotopic (exact) mass is 385 g/mol. The van der Waals surface area contributed by atoms with Gasteiger partial charge in [0.2, 0.25) is 17.6 Å². The fourth-order valence-corrected chi connectivity index (χ4v) is 3.20. The van der Waals surface area contributed by atoms with Gasteiger partial charge in [-0.05, 0) is 42.0 Å². The Balaban J connectivity index is 1.61. The van der Waals surface area contributed by atoms with Gasteiger partial charge < -0.3 is 14.9 Å². The quantitative estimate of drug-likeness (QED) is 0.646. The number of carbonyl (C=O) groups is 2. The van der Waals surface area contributed by atoms with Gasteiger partial charge in [-0.3, -0.25) is 4.79 Å². The van der Waals surface area contributed by atoms with Gasteiger partial charge in [0.1, 0.15) is 0 Å². The van der Waals surface area contributed by atoms with Crippen molar-refractivity contribution in [3.05, 3.63) is 58.3 Å². The third-order valence-electron chi connectivity index (χ3n) is 4.19.